The highest BCUT2D eigenvalue weighted by Crippen LogP contribution is 2.14. The van der Waals surface area contributed by atoms with Crippen LogP contribution in [0.3, 0.4) is 0 Å². The molecule has 0 fully saturated rings. The van der Waals surface area contributed by atoms with E-state index in [1.807, 2.05) is 6.92 Å². The molecule has 0 saturated heterocycles. The van der Waals surface area contributed by atoms with Gasteiger partial charge in [0.2, 0.25) is 0 Å². The molecule has 0 bridgehead atoms. The van der Waals surface area contributed by atoms with Crippen molar-refractivity contribution in [3.05, 3.63) is 29.8 Å². The van der Waals surface area contributed by atoms with E-state index in [0.717, 1.165) is 13.0 Å². The molecule has 1 N–H and O–H groups in total. The zero-order valence-electron chi connectivity index (χ0n) is 8.05. The Morgan fingerprint density at radius 3 is 3.00 bits per heavy atom. The third-order valence-corrected chi connectivity index (χ3v) is 1.97. The van der Waals surface area contributed by atoms with E-state index in [2.05, 4.69) is 17.2 Å². The topological polar surface area (TPSA) is 24.9 Å². The first-order chi connectivity index (χ1) is 6.25. The first-order valence-electron chi connectivity index (χ1n) is 4.58. The molecule has 0 aliphatic rings. The maximum Gasteiger partial charge on any atom is 0.146 e. The Balaban J connectivity index is 2.65. The Kier molecular flexibility index (Phi) is 3.83. The molecule has 2 nitrogen and oxygen atoms in total. The number of pyridine rings is 1. The summed E-state index contributed by atoms with van der Waals surface area (Å²) >= 11 is 0. The van der Waals surface area contributed by atoms with Crippen LogP contribution in [0.5, 0.6) is 0 Å². The summed E-state index contributed by atoms with van der Waals surface area (Å²) in [4.78, 5) is 3.70. The van der Waals surface area contributed by atoms with Crippen LogP contribution in [0, 0.1) is 5.82 Å². The number of rotatable bonds is 4. The molecule has 0 aliphatic carbocycles. The average Bonchev–Trinajstić information content (AvgIpc) is 2.15. The Bertz CT molecular complexity index is 263. The van der Waals surface area contributed by atoms with Crippen molar-refractivity contribution in [1.29, 1.82) is 0 Å². The van der Waals surface area contributed by atoms with Crippen LogP contribution in [0.25, 0.3) is 0 Å². The lowest BCUT2D eigenvalue weighted by Crippen LogP contribution is -2.20. The summed E-state index contributed by atoms with van der Waals surface area (Å²) in [6.07, 6.45) is 3.92. The minimum absolute atomic E-state index is 0.0583. The molecule has 1 aromatic heterocycles. The van der Waals surface area contributed by atoms with Crippen LogP contribution in [0.15, 0.2) is 18.5 Å². The molecule has 1 heterocycles. The highest BCUT2D eigenvalue weighted by atomic mass is 19.1. The number of aromatic nitrogens is 1. The van der Waals surface area contributed by atoms with Crippen LogP contribution in [0.1, 0.15) is 31.9 Å². The van der Waals surface area contributed by atoms with E-state index in [0.29, 0.717) is 5.56 Å². The largest absolute Gasteiger partial charge is 0.310 e. The summed E-state index contributed by atoms with van der Waals surface area (Å²) < 4.78 is 13.2. The Morgan fingerprint density at radius 1 is 1.62 bits per heavy atom. The number of nitrogens with zero attached hydrogens (tertiary/aromatic N) is 1. The van der Waals surface area contributed by atoms with Crippen molar-refractivity contribution in [2.24, 2.45) is 0 Å². The minimum atomic E-state index is -0.237. The average molecular weight is 182 g/mol. The predicted octanol–water partition coefficient (Wildman–Crippen LogP) is 2.28. The zero-order chi connectivity index (χ0) is 9.68. The van der Waals surface area contributed by atoms with E-state index in [4.69, 9.17) is 0 Å². The second kappa shape index (κ2) is 4.92. The van der Waals surface area contributed by atoms with Crippen LogP contribution in [-0.4, -0.2) is 11.5 Å². The lowest BCUT2D eigenvalue weighted by Gasteiger charge is -2.13. The summed E-state index contributed by atoms with van der Waals surface area (Å²) in [5.41, 5.74) is 0.684. The van der Waals surface area contributed by atoms with Crippen LogP contribution in [-0.2, 0) is 0 Å². The molecule has 0 aliphatic heterocycles. The first kappa shape index (κ1) is 10.1. The van der Waals surface area contributed by atoms with Crippen LogP contribution >= 0.6 is 0 Å². The highest BCUT2D eigenvalue weighted by molar-refractivity contribution is 5.16. The van der Waals surface area contributed by atoms with Crippen molar-refractivity contribution in [2.75, 3.05) is 6.54 Å². The van der Waals surface area contributed by atoms with E-state index in [-0.39, 0.29) is 11.9 Å². The molecule has 0 radical (unpaired) electrons. The molecule has 1 atom stereocenters. The predicted molar refractivity (Wildman–Crippen MR) is 50.9 cm³/mol. The molecular weight excluding hydrogens is 167 g/mol. The van der Waals surface area contributed by atoms with Gasteiger partial charge in [-0.15, -0.1) is 0 Å². The third kappa shape index (κ3) is 2.77. The number of hydrogen-bond donors (Lipinski definition) is 1. The monoisotopic (exact) mass is 182 g/mol. The Morgan fingerprint density at radius 2 is 2.38 bits per heavy atom. The summed E-state index contributed by atoms with van der Waals surface area (Å²) in [5, 5.41) is 3.22. The van der Waals surface area contributed by atoms with Gasteiger partial charge in [-0.05, 0) is 26.0 Å². The van der Waals surface area contributed by atoms with Gasteiger partial charge in [0.15, 0.2) is 0 Å². The molecule has 1 aromatic rings. The van der Waals surface area contributed by atoms with Gasteiger partial charge in [-0.1, -0.05) is 6.92 Å². The third-order valence-electron chi connectivity index (χ3n) is 1.97. The van der Waals surface area contributed by atoms with Crippen molar-refractivity contribution in [2.45, 2.75) is 26.3 Å². The normalized spacial score (nSPS) is 12.8. The van der Waals surface area contributed by atoms with Crippen molar-refractivity contribution in [3.63, 3.8) is 0 Å². The van der Waals surface area contributed by atoms with Gasteiger partial charge >= 0.3 is 0 Å². The number of nitrogens with one attached hydrogen (secondary N) is 1. The molecule has 0 saturated carbocycles. The maximum atomic E-state index is 13.2. The van der Waals surface area contributed by atoms with Gasteiger partial charge in [-0.25, -0.2) is 4.39 Å². The van der Waals surface area contributed by atoms with Crippen LogP contribution in [0.2, 0.25) is 0 Å². The molecule has 0 spiro atoms. The van der Waals surface area contributed by atoms with E-state index in [9.17, 15) is 4.39 Å². The summed E-state index contributed by atoms with van der Waals surface area (Å²) in [6, 6.07) is 1.77. The second-order valence-electron chi connectivity index (χ2n) is 3.07. The van der Waals surface area contributed by atoms with Crippen LogP contribution in [0.4, 0.5) is 4.39 Å². The van der Waals surface area contributed by atoms with Gasteiger partial charge in [-0.2, -0.15) is 0 Å². The molecule has 1 rings (SSSR count). The SMILES string of the molecule is CCCNC(C)c1ccncc1F. The fourth-order valence-electron chi connectivity index (χ4n) is 1.21. The van der Waals surface area contributed by atoms with E-state index in [1.165, 1.54) is 6.20 Å². The molecule has 72 valence electrons. The smallest absolute Gasteiger partial charge is 0.146 e. The first-order valence-corrected chi connectivity index (χ1v) is 4.58. The van der Waals surface area contributed by atoms with Crippen molar-refractivity contribution in [1.82, 2.24) is 10.3 Å². The number of hydrogen-bond acceptors (Lipinski definition) is 2. The van der Waals surface area contributed by atoms with E-state index >= 15 is 0 Å². The van der Waals surface area contributed by atoms with E-state index in [1.54, 1.807) is 12.3 Å². The van der Waals surface area contributed by atoms with Gasteiger partial charge in [0.05, 0.1) is 6.20 Å². The summed E-state index contributed by atoms with van der Waals surface area (Å²) in [5.74, 6) is -0.237. The second-order valence-corrected chi connectivity index (χ2v) is 3.07. The lowest BCUT2D eigenvalue weighted by molar-refractivity contribution is 0.524. The number of halogens is 1. The Hall–Kier alpha value is -0.960. The molecule has 0 amide bonds. The van der Waals surface area contributed by atoms with E-state index < -0.39 is 0 Å². The standard InChI is InChI=1S/C10H15FN2/c1-3-5-13-8(2)9-4-6-12-7-10(9)11/h4,6-8,13H,3,5H2,1-2H3. The summed E-state index contributed by atoms with van der Waals surface area (Å²) in [6.45, 7) is 4.94. The Labute approximate surface area is 78.2 Å². The minimum Gasteiger partial charge on any atom is -0.310 e. The fourth-order valence-corrected chi connectivity index (χ4v) is 1.21. The van der Waals surface area contributed by atoms with Gasteiger partial charge in [0.25, 0.3) is 0 Å². The highest BCUT2D eigenvalue weighted by Gasteiger charge is 2.08. The molecule has 13 heavy (non-hydrogen) atoms. The zero-order valence-corrected chi connectivity index (χ0v) is 8.05. The summed E-state index contributed by atoms with van der Waals surface area (Å²) in [7, 11) is 0. The van der Waals surface area contributed by atoms with Gasteiger partial charge in [0, 0.05) is 17.8 Å². The molecule has 3 heteroatoms. The molecule has 0 aromatic carbocycles. The molecule has 1 unspecified atom stereocenters. The molecular formula is C10H15FN2. The van der Waals surface area contributed by atoms with Gasteiger partial charge < -0.3 is 5.32 Å². The van der Waals surface area contributed by atoms with Crippen molar-refractivity contribution in [3.8, 4) is 0 Å². The van der Waals surface area contributed by atoms with Gasteiger partial charge in [0.1, 0.15) is 5.82 Å². The fraction of sp³-hybridized carbons (Fsp3) is 0.500. The lowest BCUT2D eigenvalue weighted by atomic mass is 10.1. The van der Waals surface area contributed by atoms with Crippen LogP contribution < -0.4 is 5.32 Å². The maximum absolute atomic E-state index is 13.2. The quantitative estimate of drug-likeness (QED) is 0.772. The van der Waals surface area contributed by atoms with Crippen molar-refractivity contribution >= 4 is 0 Å². The van der Waals surface area contributed by atoms with Gasteiger partial charge in [-0.3, -0.25) is 4.98 Å². The van der Waals surface area contributed by atoms with Crippen molar-refractivity contribution < 1.29 is 4.39 Å².